The van der Waals surface area contributed by atoms with Gasteiger partial charge in [-0.3, -0.25) is 0 Å². The molecule has 1 aliphatic carbocycles. The van der Waals surface area contributed by atoms with Gasteiger partial charge in [-0.1, -0.05) is 12.8 Å². The van der Waals surface area contributed by atoms with Crippen molar-refractivity contribution in [2.75, 3.05) is 6.26 Å². The fourth-order valence-corrected chi connectivity index (χ4v) is 3.01. The minimum atomic E-state index is -3.15. The summed E-state index contributed by atoms with van der Waals surface area (Å²) in [5.41, 5.74) is 5.45. The van der Waals surface area contributed by atoms with E-state index in [4.69, 9.17) is 5.73 Å². The van der Waals surface area contributed by atoms with E-state index in [1.807, 2.05) is 6.92 Å². The van der Waals surface area contributed by atoms with Crippen LogP contribution in [-0.2, 0) is 10.0 Å². The average Bonchev–Trinajstić information content (AvgIpc) is 1.92. The van der Waals surface area contributed by atoms with Gasteiger partial charge in [0.15, 0.2) is 0 Å². The molecule has 0 heterocycles. The molecule has 2 unspecified atom stereocenters. The molecule has 0 saturated heterocycles. The molecule has 2 atom stereocenters. The zero-order valence-corrected chi connectivity index (χ0v) is 9.02. The monoisotopic (exact) mass is 206 g/mol. The molecule has 4 nitrogen and oxygen atoms in total. The second kappa shape index (κ2) is 3.55. The lowest BCUT2D eigenvalue weighted by Gasteiger charge is -2.39. The normalized spacial score (nSPS) is 36.1. The lowest BCUT2D eigenvalue weighted by atomic mass is 9.80. The van der Waals surface area contributed by atoms with Crippen molar-refractivity contribution in [1.82, 2.24) is 4.72 Å². The number of rotatable bonds is 2. The first-order valence-corrected chi connectivity index (χ1v) is 6.47. The quantitative estimate of drug-likeness (QED) is 0.677. The number of sulfonamides is 1. The van der Waals surface area contributed by atoms with Gasteiger partial charge >= 0.3 is 0 Å². The third-order valence-electron chi connectivity index (χ3n) is 2.70. The van der Waals surface area contributed by atoms with Gasteiger partial charge in [0.05, 0.1) is 6.26 Å². The van der Waals surface area contributed by atoms with Crippen molar-refractivity contribution in [2.24, 2.45) is 5.73 Å². The summed E-state index contributed by atoms with van der Waals surface area (Å²) in [5, 5.41) is 0. The Kier molecular flexibility index (Phi) is 2.99. The number of nitrogens with two attached hydrogens (primary N) is 1. The van der Waals surface area contributed by atoms with Crippen molar-refractivity contribution >= 4 is 10.0 Å². The van der Waals surface area contributed by atoms with Crippen LogP contribution < -0.4 is 10.5 Å². The highest BCUT2D eigenvalue weighted by Crippen LogP contribution is 2.27. The molecule has 3 N–H and O–H groups in total. The van der Waals surface area contributed by atoms with Crippen LogP contribution in [0.15, 0.2) is 0 Å². The topological polar surface area (TPSA) is 72.2 Å². The summed E-state index contributed by atoms with van der Waals surface area (Å²) in [5.74, 6) is 0. The maximum absolute atomic E-state index is 11.1. The molecule has 0 aliphatic heterocycles. The van der Waals surface area contributed by atoms with E-state index in [-0.39, 0.29) is 6.04 Å². The van der Waals surface area contributed by atoms with Crippen LogP contribution in [0.1, 0.15) is 32.6 Å². The van der Waals surface area contributed by atoms with E-state index < -0.39 is 15.6 Å². The van der Waals surface area contributed by atoms with Gasteiger partial charge in [0.2, 0.25) is 10.0 Å². The Labute approximate surface area is 79.9 Å². The fourth-order valence-electron chi connectivity index (χ4n) is 1.91. The molecule has 1 rings (SSSR count). The standard InChI is InChI=1S/C8H18N2O2S/c1-8(10-13(2,11)12)6-4-3-5-7(8)9/h7,10H,3-6,9H2,1-2H3. The van der Waals surface area contributed by atoms with Crippen molar-refractivity contribution in [2.45, 2.75) is 44.2 Å². The molecule has 1 saturated carbocycles. The SMILES string of the molecule is CC1(NS(C)(=O)=O)CCCCC1N. The summed E-state index contributed by atoms with van der Waals surface area (Å²) in [4.78, 5) is 0. The highest BCUT2D eigenvalue weighted by molar-refractivity contribution is 7.88. The van der Waals surface area contributed by atoms with Crippen molar-refractivity contribution < 1.29 is 8.42 Å². The van der Waals surface area contributed by atoms with Gasteiger partial charge in [-0.15, -0.1) is 0 Å². The molecule has 1 fully saturated rings. The van der Waals surface area contributed by atoms with Gasteiger partial charge in [-0.25, -0.2) is 13.1 Å². The van der Waals surface area contributed by atoms with Crippen molar-refractivity contribution in [3.63, 3.8) is 0 Å². The molecule has 0 bridgehead atoms. The molecular formula is C8H18N2O2S. The summed E-state index contributed by atoms with van der Waals surface area (Å²) in [6.45, 7) is 1.89. The van der Waals surface area contributed by atoms with Gasteiger partial charge in [-0.05, 0) is 19.8 Å². The van der Waals surface area contributed by atoms with Crippen LogP contribution >= 0.6 is 0 Å². The predicted molar refractivity (Wildman–Crippen MR) is 52.8 cm³/mol. The van der Waals surface area contributed by atoms with E-state index >= 15 is 0 Å². The third kappa shape index (κ3) is 2.93. The van der Waals surface area contributed by atoms with Crippen LogP contribution in [0, 0.1) is 0 Å². The lowest BCUT2D eigenvalue weighted by Crippen LogP contribution is -2.59. The Balaban J connectivity index is 2.73. The van der Waals surface area contributed by atoms with Gasteiger partial charge < -0.3 is 5.73 Å². The summed E-state index contributed by atoms with van der Waals surface area (Å²) in [6.07, 6.45) is 5.06. The maximum atomic E-state index is 11.1. The van der Waals surface area contributed by atoms with E-state index in [2.05, 4.69) is 4.72 Å². The van der Waals surface area contributed by atoms with Gasteiger partial charge in [0.1, 0.15) is 0 Å². The molecule has 0 radical (unpaired) electrons. The number of hydrogen-bond acceptors (Lipinski definition) is 3. The van der Waals surface area contributed by atoms with E-state index in [0.717, 1.165) is 25.7 Å². The first-order valence-electron chi connectivity index (χ1n) is 4.58. The molecule has 78 valence electrons. The molecule has 0 aromatic carbocycles. The Morgan fingerprint density at radius 2 is 2.08 bits per heavy atom. The minimum absolute atomic E-state index is 0.0593. The molecule has 5 heteroatoms. The summed E-state index contributed by atoms with van der Waals surface area (Å²) >= 11 is 0. The smallest absolute Gasteiger partial charge is 0.209 e. The highest BCUT2D eigenvalue weighted by atomic mass is 32.2. The zero-order chi connectivity index (χ0) is 10.1. The van der Waals surface area contributed by atoms with Crippen molar-refractivity contribution in [1.29, 1.82) is 0 Å². The summed E-state index contributed by atoms with van der Waals surface area (Å²) in [7, 11) is -3.15. The van der Waals surface area contributed by atoms with E-state index in [9.17, 15) is 8.42 Å². The molecule has 0 spiro atoms. The average molecular weight is 206 g/mol. The van der Waals surface area contributed by atoms with Crippen LogP contribution in [-0.4, -0.2) is 26.3 Å². The predicted octanol–water partition coefficient (Wildman–Crippen LogP) is 0.196. The third-order valence-corrected chi connectivity index (χ3v) is 3.54. The van der Waals surface area contributed by atoms with Gasteiger partial charge in [-0.2, -0.15) is 0 Å². The van der Waals surface area contributed by atoms with Crippen LogP contribution in [0.25, 0.3) is 0 Å². The van der Waals surface area contributed by atoms with Crippen LogP contribution in [0.4, 0.5) is 0 Å². The largest absolute Gasteiger partial charge is 0.326 e. The zero-order valence-electron chi connectivity index (χ0n) is 8.21. The maximum Gasteiger partial charge on any atom is 0.209 e. The first kappa shape index (κ1) is 10.9. The van der Waals surface area contributed by atoms with E-state index in [1.165, 1.54) is 6.26 Å². The Morgan fingerprint density at radius 1 is 1.46 bits per heavy atom. The summed E-state index contributed by atoms with van der Waals surface area (Å²) < 4.78 is 24.8. The molecule has 1 aliphatic rings. The van der Waals surface area contributed by atoms with Crippen LogP contribution in [0.5, 0.6) is 0 Å². The molecule has 0 amide bonds. The van der Waals surface area contributed by atoms with Crippen LogP contribution in [0.3, 0.4) is 0 Å². The summed E-state index contributed by atoms with van der Waals surface area (Å²) in [6, 6.07) is -0.0593. The highest BCUT2D eigenvalue weighted by Gasteiger charge is 2.36. The van der Waals surface area contributed by atoms with Gasteiger partial charge in [0, 0.05) is 11.6 Å². The van der Waals surface area contributed by atoms with Crippen molar-refractivity contribution in [3.8, 4) is 0 Å². The second-order valence-electron chi connectivity index (χ2n) is 4.14. The minimum Gasteiger partial charge on any atom is -0.326 e. The Morgan fingerprint density at radius 3 is 2.54 bits per heavy atom. The molecule has 0 aromatic heterocycles. The first-order chi connectivity index (χ1) is 5.83. The molecule has 0 aromatic rings. The number of hydrogen-bond donors (Lipinski definition) is 2. The lowest BCUT2D eigenvalue weighted by molar-refractivity contribution is 0.251. The molecular weight excluding hydrogens is 188 g/mol. The Hall–Kier alpha value is -0.130. The van der Waals surface area contributed by atoms with Gasteiger partial charge in [0.25, 0.3) is 0 Å². The number of nitrogens with one attached hydrogen (secondary N) is 1. The second-order valence-corrected chi connectivity index (χ2v) is 5.89. The van der Waals surface area contributed by atoms with Crippen molar-refractivity contribution in [3.05, 3.63) is 0 Å². The van der Waals surface area contributed by atoms with E-state index in [1.54, 1.807) is 0 Å². The van der Waals surface area contributed by atoms with E-state index in [0.29, 0.717) is 0 Å². The van der Waals surface area contributed by atoms with Crippen LogP contribution in [0.2, 0.25) is 0 Å². The Bertz CT molecular complexity index is 276. The fraction of sp³-hybridized carbons (Fsp3) is 1.00. The molecule has 13 heavy (non-hydrogen) atoms.